The van der Waals surface area contributed by atoms with E-state index in [1.807, 2.05) is 0 Å². The van der Waals surface area contributed by atoms with Crippen LogP contribution in [0.3, 0.4) is 0 Å². The standard InChI is InChI=1S/C12H24N2O/c1-13-8-6-10(7-9-13)14(2)11-4-3-5-12(11)15/h10-12,15H,3-9H2,1-2H3/t11-,12-/m1/s1. The van der Waals surface area contributed by atoms with Crippen molar-refractivity contribution in [1.82, 2.24) is 9.80 Å². The van der Waals surface area contributed by atoms with Gasteiger partial charge >= 0.3 is 0 Å². The van der Waals surface area contributed by atoms with Crippen molar-refractivity contribution >= 4 is 0 Å². The SMILES string of the molecule is CN1CCC(N(C)[C@@H]2CCC[C@H]2O)CC1. The van der Waals surface area contributed by atoms with Crippen molar-refractivity contribution in [1.29, 1.82) is 0 Å². The van der Waals surface area contributed by atoms with Crippen LogP contribution in [0, 0.1) is 0 Å². The summed E-state index contributed by atoms with van der Waals surface area (Å²) < 4.78 is 0. The van der Waals surface area contributed by atoms with E-state index in [0.717, 1.165) is 6.42 Å². The van der Waals surface area contributed by atoms with Gasteiger partial charge in [-0.2, -0.15) is 0 Å². The third kappa shape index (κ3) is 2.52. The summed E-state index contributed by atoms with van der Waals surface area (Å²) in [6.07, 6.45) is 5.83. The van der Waals surface area contributed by atoms with Crippen molar-refractivity contribution in [3.63, 3.8) is 0 Å². The lowest BCUT2D eigenvalue weighted by Gasteiger charge is -2.39. The maximum absolute atomic E-state index is 9.89. The van der Waals surface area contributed by atoms with Crippen LogP contribution in [-0.2, 0) is 0 Å². The summed E-state index contributed by atoms with van der Waals surface area (Å²) in [5.74, 6) is 0. The average molecular weight is 212 g/mol. The van der Waals surface area contributed by atoms with Crippen LogP contribution in [0.4, 0.5) is 0 Å². The Hall–Kier alpha value is -0.120. The van der Waals surface area contributed by atoms with Crippen molar-refractivity contribution in [2.75, 3.05) is 27.2 Å². The fourth-order valence-corrected chi connectivity index (χ4v) is 3.07. The first-order chi connectivity index (χ1) is 7.18. The molecule has 0 unspecified atom stereocenters. The Morgan fingerprint density at radius 3 is 2.33 bits per heavy atom. The van der Waals surface area contributed by atoms with E-state index in [0.29, 0.717) is 12.1 Å². The number of nitrogens with zero attached hydrogens (tertiary/aromatic N) is 2. The van der Waals surface area contributed by atoms with E-state index in [1.165, 1.54) is 38.8 Å². The van der Waals surface area contributed by atoms with Crippen LogP contribution in [0.1, 0.15) is 32.1 Å². The topological polar surface area (TPSA) is 26.7 Å². The Balaban J connectivity index is 1.87. The molecule has 0 aromatic heterocycles. The summed E-state index contributed by atoms with van der Waals surface area (Å²) in [6.45, 7) is 2.41. The molecule has 2 rings (SSSR count). The molecule has 2 aliphatic rings. The highest BCUT2D eigenvalue weighted by molar-refractivity contribution is 4.88. The van der Waals surface area contributed by atoms with E-state index in [1.54, 1.807) is 0 Å². The number of likely N-dealkylation sites (tertiary alicyclic amines) is 1. The Labute approximate surface area is 93.1 Å². The lowest BCUT2D eigenvalue weighted by molar-refractivity contribution is 0.0407. The Kier molecular flexibility index (Phi) is 3.65. The predicted molar refractivity (Wildman–Crippen MR) is 61.9 cm³/mol. The minimum atomic E-state index is -0.0744. The molecule has 0 aromatic rings. The molecule has 0 spiro atoms. The molecule has 1 aliphatic heterocycles. The van der Waals surface area contributed by atoms with Gasteiger partial charge in [0.25, 0.3) is 0 Å². The molecule has 15 heavy (non-hydrogen) atoms. The second kappa shape index (κ2) is 4.81. The summed E-state index contributed by atoms with van der Waals surface area (Å²) in [4.78, 5) is 4.85. The molecule has 88 valence electrons. The van der Waals surface area contributed by atoms with E-state index in [9.17, 15) is 5.11 Å². The molecule has 0 amide bonds. The largest absolute Gasteiger partial charge is 0.391 e. The maximum atomic E-state index is 9.89. The first kappa shape index (κ1) is 11.4. The van der Waals surface area contributed by atoms with Gasteiger partial charge in [-0.15, -0.1) is 0 Å². The molecular formula is C12H24N2O. The van der Waals surface area contributed by atoms with E-state index >= 15 is 0 Å². The number of hydrogen-bond donors (Lipinski definition) is 1. The quantitative estimate of drug-likeness (QED) is 0.737. The van der Waals surface area contributed by atoms with Crippen LogP contribution < -0.4 is 0 Å². The van der Waals surface area contributed by atoms with Crippen molar-refractivity contribution in [2.45, 2.75) is 50.3 Å². The van der Waals surface area contributed by atoms with Gasteiger partial charge in [0.05, 0.1) is 6.10 Å². The van der Waals surface area contributed by atoms with Gasteiger partial charge in [-0.1, -0.05) is 0 Å². The van der Waals surface area contributed by atoms with Crippen LogP contribution >= 0.6 is 0 Å². The van der Waals surface area contributed by atoms with Crippen molar-refractivity contribution in [3.8, 4) is 0 Å². The van der Waals surface area contributed by atoms with Crippen LogP contribution in [0.5, 0.6) is 0 Å². The number of piperidine rings is 1. The molecule has 0 aromatic carbocycles. The molecule has 0 bridgehead atoms. The van der Waals surface area contributed by atoms with Crippen molar-refractivity contribution in [3.05, 3.63) is 0 Å². The minimum absolute atomic E-state index is 0.0744. The zero-order chi connectivity index (χ0) is 10.8. The second-order valence-electron chi connectivity index (χ2n) is 5.27. The van der Waals surface area contributed by atoms with Crippen LogP contribution in [0.2, 0.25) is 0 Å². The predicted octanol–water partition coefficient (Wildman–Crippen LogP) is 0.926. The summed E-state index contributed by atoms with van der Waals surface area (Å²) in [6, 6.07) is 1.12. The molecule has 1 N–H and O–H groups in total. The Morgan fingerprint density at radius 1 is 1.13 bits per heavy atom. The van der Waals surface area contributed by atoms with Crippen LogP contribution in [-0.4, -0.2) is 60.3 Å². The highest BCUT2D eigenvalue weighted by atomic mass is 16.3. The molecule has 1 saturated carbocycles. The fraction of sp³-hybridized carbons (Fsp3) is 1.00. The first-order valence-corrected chi connectivity index (χ1v) is 6.27. The lowest BCUT2D eigenvalue weighted by Crippen LogP contribution is -2.48. The third-order valence-electron chi connectivity index (χ3n) is 4.23. The zero-order valence-corrected chi connectivity index (χ0v) is 10.0. The van der Waals surface area contributed by atoms with E-state index < -0.39 is 0 Å². The van der Waals surface area contributed by atoms with Gasteiger partial charge in [-0.05, 0) is 59.3 Å². The molecule has 2 fully saturated rings. The van der Waals surface area contributed by atoms with E-state index in [4.69, 9.17) is 0 Å². The highest BCUT2D eigenvalue weighted by Crippen LogP contribution is 2.27. The van der Waals surface area contributed by atoms with Crippen molar-refractivity contribution in [2.24, 2.45) is 0 Å². The Bertz CT molecular complexity index is 202. The van der Waals surface area contributed by atoms with Gasteiger partial charge in [0.15, 0.2) is 0 Å². The number of rotatable bonds is 2. The van der Waals surface area contributed by atoms with Crippen LogP contribution in [0.25, 0.3) is 0 Å². The molecule has 1 aliphatic carbocycles. The molecule has 1 saturated heterocycles. The molecule has 2 atom stereocenters. The maximum Gasteiger partial charge on any atom is 0.0695 e. The normalized spacial score (nSPS) is 35.2. The van der Waals surface area contributed by atoms with Crippen molar-refractivity contribution < 1.29 is 5.11 Å². The molecule has 3 heteroatoms. The number of hydrogen-bond acceptors (Lipinski definition) is 3. The van der Waals surface area contributed by atoms with E-state index in [-0.39, 0.29) is 6.10 Å². The first-order valence-electron chi connectivity index (χ1n) is 6.27. The van der Waals surface area contributed by atoms with Gasteiger partial charge in [-0.25, -0.2) is 0 Å². The van der Waals surface area contributed by atoms with Gasteiger partial charge in [0.1, 0.15) is 0 Å². The lowest BCUT2D eigenvalue weighted by atomic mass is 10.0. The fourth-order valence-electron chi connectivity index (χ4n) is 3.07. The summed E-state index contributed by atoms with van der Waals surface area (Å²) in [5, 5.41) is 9.89. The molecule has 3 nitrogen and oxygen atoms in total. The molecular weight excluding hydrogens is 188 g/mol. The zero-order valence-electron chi connectivity index (χ0n) is 10.0. The smallest absolute Gasteiger partial charge is 0.0695 e. The summed E-state index contributed by atoms with van der Waals surface area (Å²) >= 11 is 0. The Morgan fingerprint density at radius 2 is 1.80 bits per heavy atom. The number of likely N-dealkylation sites (N-methyl/N-ethyl adjacent to an activating group) is 1. The van der Waals surface area contributed by atoms with Gasteiger partial charge in [0.2, 0.25) is 0 Å². The molecule has 1 heterocycles. The second-order valence-corrected chi connectivity index (χ2v) is 5.27. The number of aliphatic hydroxyl groups is 1. The highest BCUT2D eigenvalue weighted by Gasteiger charge is 2.33. The summed E-state index contributed by atoms with van der Waals surface area (Å²) in [7, 11) is 4.40. The van der Waals surface area contributed by atoms with Gasteiger partial charge in [0, 0.05) is 12.1 Å². The third-order valence-corrected chi connectivity index (χ3v) is 4.23. The average Bonchev–Trinajstić information content (AvgIpc) is 2.65. The van der Waals surface area contributed by atoms with E-state index in [2.05, 4.69) is 23.9 Å². The van der Waals surface area contributed by atoms with Crippen LogP contribution in [0.15, 0.2) is 0 Å². The molecule has 0 radical (unpaired) electrons. The summed E-state index contributed by atoms with van der Waals surface area (Å²) in [5.41, 5.74) is 0. The monoisotopic (exact) mass is 212 g/mol. The number of aliphatic hydroxyl groups excluding tert-OH is 1. The van der Waals surface area contributed by atoms with Gasteiger partial charge < -0.3 is 10.0 Å². The minimum Gasteiger partial charge on any atom is -0.391 e. The van der Waals surface area contributed by atoms with Gasteiger partial charge in [-0.3, -0.25) is 4.90 Å².